The van der Waals surface area contributed by atoms with Gasteiger partial charge in [-0.05, 0) is 76.8 Å². The summed E-state index contributed by atoms with van der Waals surface area (Å²) < 4.78 is 34.3. The van der Waals surface area contributed by atoms with Crippen molar-refractivity contribution in [2.45, 2.75) is 71.1 Å². The highest BCUT2D eigenvalue weighted by atomic mass is 32.2. The van der Waals surface area contributed by atoms with Gasteiger partial charge < -0.3 is 15.0 Å². The van der Waals surface area contributed by atoms with E-state index in [2.05, 4.69) is 52.6 Å². The fourth-order valence-corrected chi connectivity index (χ4v) is 5.92. The minimum absolute atomic E-state index is 0.0474. The third kappa shape index (κ3) is 6.19. The molecule has 0 saturated carbocycles. The Morgan fingerprint density at radius 3 is 2.60 bits per heavy atom. The van der Waals surface area contributed by atoms with Gasteiger partial charge in [0.2, 0.25) is 5.88 Å². The minimum Gasteiger partial charge on any atom is -0.474 e. The van der Waals surface area contributed by atoms with Gasteiger partial charge in [-0.3, -0.25) is 4.79 Å². The highest BCUT2D eigenvalue weighted by Crippen LogP contribution is 2.38. The first kappa shape index (κ1) is 29.3. The lowest BCUT2D eigenvalue weighted by Gasteiger charge is -2.34. The number of aryl methyl sites for hydroxylation is 1. The smallest absolute Gasteiger partial charge is 0.281 e. The molecule has 1 aliphatic rings. The van der Waals surface area contributed by atoms with E-state index >= 15 is 0 Å². The molecule has 0 aliphatic carbocycles. The van der Waals surface area contributed by atoms with Gasteiger partial charge in [0.25, 0.3) is 15.9 Å². The van der Waals surface area contributed by atoms with Crippen LogP contribution >= 0.6 is 0 Å². The first-order chi connectivity index (χ1) is 18.8. The lowest BCUT2D eigenvalue weighted by molar-refractivity contribution is 0.0981. The van der Waals surface area contributed by atoms with E-state index < -0.39 is 15.9 Å². The van der Waals surface area contributed by atoms with Gasteiger partial charge in [-0.1, -0.05) is 19.9 Å². The van der Waals surface area contributed by atoms with Gasteiger partial charge in [-0.2, -0.15) is 8.42 Å². The number of anilines is 2. The van der Waals surface area contributed by atoms with Crippen LogP contribution in [-0.4, -0.2) is 54.5 Å². The summed E-state index contributed by atoms with van der Waals surface area (Å²) in [5, 5.41) is 2.55. The van der Waals surface area contributed by atoms with E-state index in [1.54, 1.807) is 37.5 Å². The maximum absolute atomic E-state index is 13.5. The topological polar surface area (TPSA) is 126 Å². The molecule has 2 N–H and O–H groups in total. The molecule has 0 aromatic carbocycles. The molecule has 0 bridgehead atoms. The van der Waals surface area contributed by atoms with Gasteiger partial charge in [-0.15, -0.1) is 0 Å². The average molecular weight is 567 g/mol. The number of hydrogen-bond acceptors (Lipinski definition) is 9. The second kappa shape index (κ2) is 11.4. The highest BCUT2D eigenvalue weighted by Gasteiger charge is 2.39. The van der Waals surface area contributed by atoms with Crippen LogP contribution in [0.1, 0.15) is 63.4 Å². The zero-order valence-electron chi connectivity index (χ0n) is 24.1. The van der Waals surface area contributed by atoms with Crippen molar-refractivity contribution in [2.75, 3.05) is 23.8 Å². The van der Waals surface area contributed by atoms with Crippen molar-refractivity contribution in [3.63, 3.8) is 0 Å². The average Bonchev–Trinajstić information content (AvgIpc) is 3.20. The van der Waals surface area contributed by atoms with Gasteiger partial charge in [0.05, 0.1) is 17.4 Å². The van der Waals surface area contributed by atoms with Crippen molar-refractivity contribution in [1.82, 2.24) is 19.7 Å². The Morgan fingerprint density at radius 1 is 1.23 bits per heavy atom. The number of aromatic nitrogens is 3. The third-order valence-corrected chi connectivity index (χ3v) is 8.38. The lowest BCUT2D eigenvalue weighted by Crippen LogP contribution is -2.41. The van der Waals surface area contributed by atoms with Crippen LogP contribution in [0.15, 0.2) is 47.6 Å². The Kier molecular flexibility index (Phi) is 8.34. The number of carbonyl (C=O) groups is 1. The molecule has 2 atom stereocenters. The fourth-order valence-electron chi connectivity index (χ4n) is 4.98. The Bertz CT molecular complexity index is 1510. The molecule has 1 fully saturated rings. The molecule has 0 spiro atoms. The molecule has 1 saturated heterocycles. The second-order valence-electron chi connectivity index (χ2n) is 11.0. The normalized spacial score (nSPS) is 17.4. The van der Waals surface area contributed by atoms with Crippen molar-refractivity contribution in [3.8, 4) is 17.1 Å². The maximum Gasteiger partial charge on any atom is 0.281 e. The number of sulfonamides is 1. The lowest BCUT2D eigenvalue weighted by atomic mass is 9.97. The SMILES string of the molecule is CC[C@@H](C)Oc1ncc(-c2ccc(C(=O)NS(=O)(=O)c3cccc(NC)n3)c(N3C[C@@H](C)CC3(C)C)n2)cc1C. The summed E-state index contributed by atoms with van der Waals surface area (Å²) in [5.74, 6) is 0.973. The van der Waals surface area contributed by atoms with Crippen molar-refractivity contribution >= 4 is 27.6 Å². The number of rotatable bonds is 9. The highest BCUT2D eigenvalue weighted by molar-refractivity contribution is 7.90. The number of amides is 1. The van der Waals surface area contributed by atoms with E-state index in [4.69, 9.17) is 9.72 Å². The number of hydrogen-bond donors (Lipinski definition) is 2. The zero-order chi connectivity index (χ0) is 29.2. The molecule has 0 unspecified atom stereocenters. The van der Waals surface area contributed by atoms with E-state index in [-0.39, 0.29) is 22.2 Å². The molecule has 3 aromatic heterocycles. The van der Waals surface area contributed by atoms with Crippen LogP contribution in [0.4, 0.5) is 11.6 Å². The van der Waals surface area contributed by atoms with Crippen LogP contribution in [0.25, 0.3) is 11.3 Å². The van der Waals surface area contributed by atoms with Crippen molar-refractivity contribution < 1.29 is 17.9 Å². The summed E-state index contributed by atoms with van der Waals surface area (Å²) in [6.07, 6.45) is 3.53. The van der Waals surface area contributed by atoms with Crippen LogP contribution in [0.5, 0.6) is 5.88 Å². The number of carbonyl (C=O) groups excluding carboxylic acids is 1. The summed E-state index contributed by atoms with van der Waals surface area (Å²) >= 11 is 0. The summed E-state index contributed by atoms with van der Waals surface area (Å²) in [4.78, 5) is 29.1. The van der Waals surface area contributed by atoms with E-state index in [1.807, 2.05) is 19.9 Å². The number of ether oxygens (including phenoxy) is 1. The molecule has 4 heterocycles. The van der Waals surface area contributed by atoms with Crippen molar-refractivity contribution in [3.05, 3.63) is 53.7 Å². The Morgan fingerprint density at radius 2 is 1.98 bits per heavy atom. The van der Waals surface area contributed by atoms with Crippen molar-refractivity contribution in [2.24, 2.45) is 5.92 Å². The maximum atomic E-state index is 13.5. The summed E-state index contributed by atoms with van der Waals surface area (Å²) in [7, 11) is -2.59. The zero-order valence-corrected chi connectivity index (χ0v) is 25.0. The molecule has 0 radical (unpaired) electrons. The Hall–Kier alpha value is -3.73. The number of pyridine rings is 3. The standard InChI is InChI=1S/C29H38N6O4S/c1-8-20(4)39-28-19(3)14-21(16-31-28)23-13-12-22(26(32-23)35-17-18(2)15-29(35,5)6)27(36)34-40(37,38)25-11-9-10-24(30-7)33-25/h9-14,16,18,20H,8,15,17H2,1-7H3,(H,30,33)(H,34,36)/t18-,20+/m0/s1. The summed E-state index contributed by atoms with van der Waals surface area (Å²) in [6, 6.07) is 9.83. The monoisotopic (exact) mass is 566 g/mol. The second-order valence-corrected chi connectivity index (χ2v) is 12.7. The predicted octanol–water partition coefficient (Wildman–Crippen LogP) is 4.81. The van der Waals surface area contributed by atoms with Gasteiger partial charge in [0.15, 0.2) is 5.03 Å². The predicted molar refractivity (Wildman–Crippen MR) is 156 cm³/mol. The Balaban J connectivity index is 1.74. The number of nitrogens with one attached hydrogen (secondary N) is 2. The third-order valence-electron chi connectivity index (χ3n) is 7.14. The molecule has 11 heteroatoms. The van der Waals surface area contributed by atoms with Crippen LogP contribution in [-0.2, 0) is 10.0 Å². The molecule has 1 amide bonds. The Labute approximate surface area is 236 Å². The number of nitrogens with zero attached hydrogens (tertiary/aromatic N) is 4. The van der Waals surface area contributed by atoms with Gasteiger partial charge in [0, 0.05) is 36.5 Å². The molecule has 40 heavy (non-hydrogen) atoms. The first-order valence-electron chi connectivity index (χ1n) is 13.5. The van der Waals surface area contributed by atoms with Gasteiger partial charge in [0.1, 0.15) is 11.6 Å². The molecule has 214 valence electrons. The molecule has 10 nitrogen and oxygen atoms in total. The fraction of sp³-hybridized carbons (Fsp3) is 0.448. The molecule has 4 rings (SSSR count). The van der Waals surface area contributed by atoms with Gasteiger partial charge in [-0.25, -0.2) is 19.7 Å². The van der Waals surface area contributed by atoms with E-state index in [1.165, 1.54) is 6.07 Å². The summed E-state index contributed by atoms with van der Waals surface area (Å²) in [5.41, 5.74) is 2.15. The van der Waals surface area contributed by atoms with Crippen LogP contribution < -0.4 is 19.7 Å². The van der Waals surface area contributed by atoms with Crippen LogP contribution in [0, 0.1) is 12.8 Å². The molecular weight excluding hydrogens is 528 g/mol. The summed E-state index contributed by atoms with van der Waals surface area (Å²) in [6.45, 7) is 13.0. The first-order valence-corrected chi connectivity index (χ1v) is 15.0. The van der Waals surface area contributed by atoms with Gasteiger partial charge >= 0.3 is 0 Å². The van der Waals surface area contributed by atoms with E-state index in [0.717, 1.165) is 24.0 Å². The molecule has 3 aromatic rings. The minimum atomic E-state index is -4.23. The van der Waals surface area contributed by atoms with Crippen molar-refractivity contribution in [1.29, 1.82) is 0 Å². The van der Waals surface area contributed by atoms with E-state index in [0.29, 0.717) is 35.7 Å². The molecular formula is C29H38N6O4S. The quantitative estimate of drug-likeness (QED) is 0.375. The van der Waals surface area contributed by atoms with Crippen LogP contribution in [0.2, 0.25) is 0 Å². The van der Waals surface area contributed by atoms with Crippen LogP contribution in [0.3, 0.4) is 0 Å². The largest absolute Gasteiger partial charge is 0.474 e. The molecule has 1 aliphatic heterocycles. The van der Waals surface area contributed by atoms with E-state index in [9.17, 15) is 13.2 Å².